The van der Waals surface area contributed by atoms with Crippen LogP contribution in [0.2, 0.25) is 0 Å². The van der Waals surface area contributed by atoms with Crippen molar-refractivity contribution in [2.45, 2.75) is 232 Å². The van der Waals surface area contributed by atoms with Crippen molar-refractivity contribution in [3.05, 3.63) is 47.5 Å². The largest absolute Gasteiger partial charge is 0.479 e. The Hall–Kier alpha value is -1.10. The summed E-state index contributed by atoms with van der Waals surface area (Å²) in [4.78, 5) is 26.8. The predicted octanol–water partition coefficient (Wildman–Crippen LogP) is 17.4. The van der Waals surface area contributed by atoms with E-state index in [1.165, 1.54) is 228 Å². The van der Waals surface area contributed by atoms with E-state index in [0.717, 1.165) is 108 Å². The number of nitrogens with zero attached hydrogens (tertiary/aromatic N) is 10. The lowest BCUT2D eigenvalue weighted by Crippen LogP contribution is -2.51. The number of hydrogen-bond donors (Lipinski definition) is 1. The quantitative estimate of drug-likeness (QED) is 0.223. The summed E-state index contributed by atoms with van der Waals surface area (Å²) in [5, 5.41) is 10.4. The van der Waals surface area contributed by atoms with E-state index >= 15 is 0 Å². The molecule has 1 N–H and O–H groups in total. The Bertz CT molecular complexity index is 2260. The Balaban J connectivity index is 0.000000295. The van der Waals surface area contributed by atoms with Gasteiger partial charge in [-0.2, -0.15) is 0 Å². The van der Waals surface area contributed by atoms with Gasteiger partial charge in [0.1, 0.15) is 10.9 Å². The Morgan fingerprint density at radius 3 is 1.31 bits per heavy atom. The number of aliphatic hydroxyl groups is 1. The lowest BCUT2D eigenvalue weighted by Gasteiger charge is -2.59. The van der Waals surface area contributed by atoms with Crippen LogP contribution in [0.1, 0.15) is 215 Å². The molecule has 5 unspecified atom stereocenters. The highest BCUT2D eigenvalue weighted by molar-refractivity contribution is 8.14. The van der Waals surface area contributed by atoms with Gasteiger partial charge in [-0.15, -0.1) is 46.7 Å². The first-order valence-corrected chi connectivity index (χ1v) is 44.8. The molecule has 9 aliphatic heterocycles. The Morgan fingerprint density at radius 1 is 0.543 bits per heavy atom. The van der Waals surface area contributed by atoms with Crippen molar-refractivity contribution in [2.75, 3.05) is 219 Å². The number of aliphatic hydroxyl groups excluding tert-OH is 1. The molecule has 15 nitrogen and oxygen atoms in total. The summed E-state index contributed by atoms with van der Waals surface area (Å²) in [6, 6.07) is 12.2. The predicted molar refractivity (Wildman–Crippen MR) is 462 cm³/mol. The molecule has 13 fully saturated rings. The van der Waals surface area contributed by atoms with E-state index in [1.54, 1.807) is 19.8 Å². The van der Waals surface area contributed by atoms with Gasteiger partial charge in [0.15, 0.2) is 5.90 Å². The van der Waals surface area contributed by atoms with Gasteiger partial charge in [0.2, 0.25) is 0 Å². The van der Waals surface area contributed by atoms with Crippen molar-refractivity contribution >= 4 is 57.7 Å². The van der Waals surface area contributed by atoms with Gasteiger partial charge in [-0.1, -0.05) is 109 Å². The molecule has 16 aliphatic rings. The maximum absolute atomic E-state index is 9.18. The van der Waals surface area contributed by atoms with Gasteiger partial charge in [0, 0.05) is 103 Å². The Morgan fingerprint density at radius 2 is 1.07 bits per heavy atom. The maximum atomic E-state index is 9.18. The zero-order valence-electron chi connectivity index (χ0n) is 71.2. The number of fused-ring (bicyclic) bond motifs is 2. The molecule has 10 atom stereocenters. The number of likely N-dealkylation sites (tertiary alicyclic amines) is 4. The average Bonchev–Trinajstić information content (AvgIpc) is 1.66. The summed E-state index contributed by atoms with van der Waals surface area (Å²) in [5.41, 5.74) is 3.82. The number of piperazine rings is 1. The molecule has 6 saturated carbocycles. The minimum absolute atomic E-state index is 0.00347. The highest BCUT2D eigenvalue weighted by atomic mass is 35.5. The first kappa shape index (κ1) is 98.1. The van der Waals surface area contributed by atoms with Crippen LogP contribution in [-0.2, 0) is 18.9 Å². The molecule has 614 valence electrons. The van der Waals surface area contributed by atoms with Gasteiger partial charge in [0.05, 0.1) is 44.1 Å². The number of piperidine rings is 1. The van der Waals surface area contributed by atoms with Crippen LogP contribution in [0.25, 0.3) is 0 Å². The van der Waals surface area contributed by atoms with Crippen LogP contribution in [-0.4, -0.2) is 297 Å². The number of thioether (sulfide) groups is 2. The number of morpholine rings is 1. The number of benzene rings is 1. The first-order chi connectivity index (χ1) is 50.2. The van der Waals surface area contributed by atoms with Crippen molar-refractivity contribution in [3.63, 3.8) is 0 Å². The molecule has 1 aromatic carbocycles. The summed E-state index contributed by atoms with van der Waals surface area (Å²) < 4.78 is 19.8. The van der Waals surface area contributed by atoms with Crippen molar-refractivity contribution in [1.29, 1.82) is 0 Å². The van der Waals surface area contributed by atoms with E-state index in [9.17, 15) is 5.11 Å². The second kappa shape index (κ2) is 57.9. The maximum Gasteiger partial charge on any atom is 0.180 e. The molecule has 0 radical (unpaired) electrons. The van der Waals surface area contributed by atoms with Crippen molar-refractivity contribution in [1.82, 2.24) is 39.2 Å². The first-order valence-electron chi connectivity index (χ1n) is 41.9. The zero-order chi connectivity index (χ0) is 77.4. The molecule has 0 aromatic heterocycles. The van der Waals surface area contributed by atoms with E-state index in [-0.39, 0.29) is 10.4 Å². The molecule has 1 aromatic rings. The van der Waals surface area contributed by atoms with Gasteiger partial charge in [0.25, 0.3) is 0 Å². The van der Waals surface area contributed by atoms with Crippen LogP contribution in [0, 0.1) is 40.9 Å². The number of alkyl halides is 2. The number of ether oxygens (including phenoxy) is 4. The summed E-state index contributed by atoms with van der Waals surface area (Å²) >= 11 is 15.0. The highest BCUT2D eigenvalue weighted by Gasteiger charge is 2.52. The highest BCUT2D eigenvalue weighted by Crippen LogP contribution is 2.61. The van der Waals surface area contributed by atoms with Crippen LogP contribution in [0.15, 0.2) is 52.0 Å². The van der Waals surface area contributed by atoms with Crippen molar-refractivity contribution < 1.29 is 24.1 Å². The Labute approximate surface area is 666 Å². The number of aliphatic imine (C=N–C) groups is 2. The van der Waals surface area contributed by atoms with Crippen molar-refractivity contribution in [2.24, 2.45) is 50.9 Å². The molecule has 17 rings (SSSR count). The van der Waals surface area contributed by atoms with Gasteiger partial charge in [-0.05, 0) is 277 Å². The van der Waals surface area contributed by atoms with Gasteiger partial charge < -0.3 is 58.4 Å². The number of hydrogen-bond acceptors (Lipinski definition) is 17. The Kier molecular flexibility index (Phi) is 54.0. The van der Waals surface area contributed by atoms with E-state index < -0.39 is 0 Å². The topological polar surface area (TPSA) is 108 Å². The van der Waals surface area contributed by atoms with Crippen LogP contribution >= 0.6 is 46.7 Å². The fourth-order valence-corrected chi connectivity index (χ4v) is 17.1. The smallest absolute Gasteiger partial charge is 0.180 e. The summed E-state index contributed by atoms with van der Waals surface area (Å²) in [6.07, 6.45) is 32.0. The number of halogens is 2. The standard InChI is InChI=1S/C10H18.C10H12.2C7H15NO.C7H14O.C7H12.C6H14N2.C6H13N.C5H11NO.C5H11N.C4H6Cl2.C4H7NO.C4H9NS.C4H7NS/c1-7-4-5-8-6-9(7)10(8,2)3;1-8-7-10(8)9-5-3-2-4-6-9;2*1-8-5-3-4-7(8)6-9-2;1-6-4-2-3-5-7(6)8;1-7-5-3-2-4-6-7;1-7-3-5-8(2)6-4-7;1-7-5-3-2-4-6-7;1-6-2-4-7-5-3-6;1-6-4-2-3-5-6;1-3-2-4(3,5)6;1-4-5-2-3-6-4;1-5-2-3-6-4-5;1-4-5-2-3-6-4/h7-9H,4-6H2,1-3H3;2-6,8,10H,7H2,1H3;2*7H,3-6H2,1-2H3;6-8H,2-5H2,1H3;5H,2-4,6H2,1H3;3-6H2,1-2H3;2-6H2,1H3;2-5H2,1H3;2-5H2,1H3;3H,2H2,1H3;2-3H2,1H3;2-4H2,1H3;2-3H2,1H3/t;8-,10?;2*7-;6-,7-;;;;;;;;;/m.0100........./s1. The fourth-order valence-electron chi connectivity index (χ4n) is 15.0. The minimum Gasteiger partial charge on any atom is -0.479 e. The lowest BCUT2D eigenvalue weighted by atomic mass is 9.46. The molecule has 0 spiro atoms. The molecular formula is C86H164Cl2N10O5S2. The minimum atomic E-state index is -0.347. The van der Waals surface area contributed by atoms with Crippen LogP contribution in [0.3, 0.4) is 0 Å². The van der Waals surface area contributed by atoms with E-state index in [0.29, 0.717) is 29.3 Å². The second-order valence-electron chi connectivity index (χ2n) is 33.6. The summed E-state index contributed by atoms with van der Waals surface area (Å²) in [5.74, 6) is 10.6. The monoisotopic (exact) mass is 1550 g/mol. The molecular weight excluding hydrogens is 1390 g/mol. The lowest BCUT2D eigenvalue weighted by molar-refractivity contribution is -0.0988. The number of rotatable bonds is 5. The second-order valence-corrected chi connectivity index (χ2v) is 37.5. The van der Waals surface area contributed by atoms with Gasteiger partial charge >= 0.3 is 0 Å². The number of methoxy groups -OCH3 is 2. The zero-order valence-corrected chi connectivity index (χ0v) is 74.3. The molecule has 105 heavy (non-hydrogen) atoms. The number of allylic oxidation sites excluding steroid dienone is 2. The molecule has 0 amide bonds. The fraction of sp³-hybridized carbons (Fsp3) is 0.884. The third-order valence-corrected chi connectivity index (χ3v) is 26.7. The average molecular weight is 1550 g/mol. The summed E-state index contributed by atoms with van der Waals surface area (Å²) in [7, 11) is 20.8. The van der Waals surface area contributed by atoms with Gasteiger partial charge in [-0.3, -0.25) is 14.9 Å². The number of likely N-dealkylation sites (N-methyl/N-ethyl adjacent to an activating group) is 5. The van der Waals surface area contributed by atoms with Crippen LogP contribution in [0.4, 0.5) is 0 Å². The van der Waals surface area contributed by atoms with E-state index in [4.69, 9.17) is 42.1 Å². The third kappa shape index (κ3) is 46.6. The van der Waals surface area contributed by atoms with E-state index in [2.05, 4.69) is 190 Å². The molecule has 19 heteroatoms. The molecule has 7 aliphatic carbocycles. The summed E-state index contributed by atoms with van der Waals surface area (Å²) in [6.45, 7) is 42.5. The molecule has 7 saturated heterocycles. The van der Waals surface area contributed by atoms with E-state index in [1.807, 2.05) is 37.4 Å². The molecule has 9 heterocycles. The normalized spacial score (nSPS) is 30.0. The van der Waals surface area contributed by atoms with Crippen LogP contribution < -0.4 is 0 Å². The SMILES string of the molecule is CC1=CCCCC1.CC1=NCCO1.CC1=NCCS1.CC1CC1(Cl)Cl.CC1CCC2CC1C2(C)C.CN1CCCC1.CN1CCCCC1.CN1CCN(C)CC1.CN1CCOCC1.CN1CCSC1.COC[C@@H]1CCCN1C.COC[C@H]1CCCN1C.C[C@H]1CC1c1ccccc1.C[C@H]1CCCC[C@@H]1O. The van der Waals surface area contributed by atoms with Gasteiger partial charge in [-0.25, -0.2) is 0 Å². The molecule has 2 bridgehead atoms. The van der Waals surface area contributed by atoms with Crippen molar-refractivity contribution in [3.8, 4) is 0 Å². The van der Waals surface area contributed by atoms with Crippen LogP contribution in [0.5, 0.6) is 0 Å². The third-order valence-electron chi connectivity index (χ3n) is 23.6.